The lowest BCUT2D eigenvalue weighted by Gasteiger charge is -2.54. The molecule has 1 atom stereocenters. The number of hydrogen-bond donors (Lipinski definition) is 2. The summed E-state index contributed by atoms with van der Waals surface area (Å²) in [5, 5.41) is 5.11. The first kappa shape index (κ1) is 21.1. The van der Waals surface area contributed by atoms with Gasteiger partial charge in [0.15, 0.2) is 11.4 Å². The van der Waals surface area contributed by atoms with Crippen LogP contribution in [0.2, 0.25) is 0 Å². The molecule has 1 spiro atoms. The lowest BCUT2D eigenvalue weighted by molar-refractivity contribution is 0.00675. The molecule has 2 saturated heterocycles. The molecule has 34 heavy (non-hydrogen) atoms. The number of rotatable bonds is 4. The van der Waals surface area contributed by atoms with Crippen LogP contribution in [0.15, 0.2) is 64.3 Å². The van der Waals surface area contributed by atoms with Gasteiger partial charge < -0.3 is 25.6 Å². The summed E-state index contributed by atoms with van der Waals surface area (Å²) in [5.41, 5.74) is 16.4. The molecule has 2 aromatic heterocycles. The van der Waals surface area contributed by atoms with E-state index in [-0.39, 0.29) is 5.54 Å². The second-order valence-electron chi connectivity index (χ2n) is 9.67. The van der Waals surface area contributed by atoms with Crippen LogP contribution in [0.1, 0.15) is 25.1 Å². The van der Waals surface area contributed by atoms with Gasteiger partial charge in [-0.1, -0.05) is 17.3 Å². The molecule has 176 valence electrons. The van der Waals surface area contributed by atoms with E-state index < -0.39 is 5.54 Å². The molecule has 0 bridgehead atoms. The number of likely N-dealkylation sites (N-methyl/N-ethyl adjacent to an activating group) is 1. The topological polar surface area (TPSA) is 120 Å². The normalized spacial score (nSPS) is 24.6. The molecule has 2 fully saturated rings. The van der Waals surface area contributed by atoms with Gasteiger partial charge in [0.05, 0.1) is 29.4 Å². The molecule has 1 aliphatic carbocycles. The van der Waals surface area contributed by atoms with Crippen LogP contribution in [0.5, 0.6) is 0 Å². The molecule has 9 nitrogen and oxygen atoms in total. The van der Waals surface area contributed by atoms with E-state index in [9.17, 15) is 0 Å². The summed E-state index contributed by atoms with van der Waals surface area (Å²) in [6, 6.07) is 9.49. The Hall–Kier alpha value is -3.43. The van der Waals surface area contributed by atoms with Crippen molar-refractivity contribution in [3.63, 3.8) is 0 Å². The van der Waals surface area contributed by atoms with Crippen molar-refractivity contribution in [2.24, 2.45) is 11.5 Å². The Morgan fingerprint density at radius 2 is 2.00 bits per heavy atom. The zero-order chi connectivity index (χ0) is 23.5. The number of aromatic nitrogens is 3. The van der Waals surface area contributed by atoms with Gasteiger partial charge in [0.25, 0.3) is 0 Å². The fraction of sp³-hybridized carbons (Fsp3) is 0.400. The van der Waals surface area contributed by atoms with E-state index in [1.807, 2.05) is 30.3 Å². The molecule has 6 rings (SSSR count). The van der Waals surface area contributed by atoms with Crippen molar-refractivity contribution in [3.05, 3.63) is 65.6 Å². The standard InChI is InChI=1S/C25H29N7O2/c1-31-11-5-9-24(31)14-32(15-24)19-12-21(33-2)25(27,13-17(19)26)23-28-10-8-18(29-23)22-16-6-3-4-7-20(16)34-30-22/h3-4,6-8,10,12H,5,9,11,13-15,26-27H2,1-2H3. The lowest BCUT2D eigenvalue weighted by atomic mass is 9.82. The lowest BCUT2D eigenvalue weighted by Crippen LogP contribution is -2.66. The molecule has 2 aliphatic heterocycles. The zero-order valence-electron chi connectivity index (χ0n) is 19.5. The molecule has 3 aliphatic rings. The van der Waals surface area contributed by atoms with Crippen LogP contribution in [-0.2, 0) is 10.3 Å². The van der Waals surface area contributed by atoms with Crippen LogP contribution in [0, 0.1) is 0 Å². The SMILES string of the molecule is COC1=CC(N2CC3(CCCN3C)C2)=C(N)CC1(N)c1nccc(-c2noc3ccccc23)n1. The first-order chi connectivity index (χ1) is 16.4. The summed E-state index contributed by atoms with van der Waals surface area (Å²) in [4.78, 5) is 14.1. The van der Waals surface area contributed by atoms with Gasteiger partial charge in [-0.15, -0.1) is 0 Å². The number of ether oxygens (including phenoxy) is 1. The van der Waals surface area contributed by atoms with Gasteiger partial charge in [0.1, 0.15) is 17.0 Å². The van der Waals surface area contributed by atoms with Crippen molar-refractivity contribution in [3.8, 4) is 11.4 Å². The van der Waals surface area contributed by atoms with Crippen LogP contribution in [0.4, 0.5) is 0 Å². The van der Waals surface area contributed by atoms with E-state index in [0.717, 1.165) is 36.4 Å². The summed E-state index contributed by atoms with van der Waals surface area (Å²) in [6.07, 6.45) is 6.49. The summed E-state index contributed by atoms with van der Waals surface area (Å²) >= 11 is 0. The van der Waals surface area contributed by atoms with Crippen LogP contribution in [-0.4, -0.2) is 64.3 Å². The minimum atomic E-state index is -1.08. The molecule has 4 N–H and O–H groups in total. The maximum Gasteiger partial charge on any atom is 0.167 e. The van der Waals surface area contributed by atoms with Gasteiger partial charge in [-0.05, 0) is 44.6 Å². The summed E-state index contributed by atoms with van der Waals surface area (Å²) in [7, 11) is 3.84. The Kier molecular flexibility index (Phi) is 4.69. The van der Waals surface area contributed by atoms with E-state index in [1.165, 1.54) is 12.8 Å². The Morgan fingerprint density at radius 3 is 2.76 bits per heavy atom. The first-order valence-electron chi connectivity index (χ1n) is 11.6. The van der Waals surface area contributed by atoms with E-state index >= 15 is 0 Å². The number of nitrogens with two attached hydrogens (primary N) is 2. The average Bonchev–Trinajstić information content (AvgIpc) is 3.42. The number of para-hydroxylation sites is 1. The Morgan fingerprint density at radius 1 is 1.18 bits per heavy atom. The van der Waals surface area contributed by atoms with Gasteiger partial charge in [0.2, 0.25) is 0 Å². The van der Waals surface area contributed by atoms with Crippen molar-refractivity contribution in [2.75, 3.05) is 33.8 Å². The van der Waals surface area contributed by atoms with Crippen LogP contribution >= 0.6 is 0 Å². The number of likely N-dealkylation sites (tertiary alicyclic amines) is 2. The molecular formula is C25H29N7O2. The molecule has 9 heteroatoms. The molecule has 1 aromatic carbocycles. The number of nitrogens with zero attached hydrogens (tertiary/aromatic N) is 5. The minimum Gasteiger partial charge on any atom is -0.499 e. The second kappa shape index (κ2) is 7.54. The molecule has 3 aromatic rings. The van der Waals surface area contributed by atoms with E-state index in [2.05, 4.69) is 27.0 Å². The fourth-order valence-corrected chi connectivity index (χ4v) is 5.63. The smallest absolute Gasteiger partial charge is 0.167 e. The van der Waals surface area contributed by atoms with Crippen LogP contribution in [0.3, 0.4) is 0 Å². The maximum atomic E-state index is 6.92. The molecule has 1 unspecified atom stereocenters. The summed E-state index contributed by atoms with van der Waals surface area (Å²) in [6.45, 7) is 3.09. The van der Waals surface area contributed by atoms with Crippen molar-refractivity contribution in [1.29, 1.82) is 0 Å². The van der Waals surface area contributed by atoms with Crippen molar-refractivity contribution < 1.29 is 9.26 Å². The van der Waals surface area contributed by atoms with E-state index in [4.69, 9.17) is 25.7 Å². The number of fused-ring (bicyclic) bond motifs is 1. The molecule has 0 radical (unpaired) electrons. The highest BCUT2D eigenvalue weighted by Crippen LogP contribution is 2.43. The second-order valence-corrected chi connectivity index (χ2v) is 9.67. The minimum absolute atomic E-state index is 0.267. The highest BCUT2D eigenvalue weighted by molar-refractivity contribution is 5.90. The van der Waals surface area contributed by atoms with Gasteiger partial charge >= 0.3 is 0 Å². The highest BCUT2D eigenvalue weighted by atomic mass is 16.5. The maximum absolute atomic E-state index is 6.92. The van der Waals surface area contributed by atoms with Gasteiger partial charge in [-0.3, -0.25) is 4.90 Å². The Balaban J connectivity index is 1.32. The number of methoxy groups -OCH3 is 1. The number of hydrogen-bond acceptors (Lipinski definition) is 9. The fourth-order valence-electron chi connectivity index (χ4n) is 5.63. The average molecular weight is 460 g/mol. The third-order valence-corrected chi connectivity index (χ3v) is 7.66. The molecular weight excluding hydrogens is 430 g/mol. The summed E-state index contributed by atoms with van der Waals surface area (Å²) in [5.74, 6) is 1.03. The molecule has 4 heterocycles. The van der Waals surface area contributed by atoms with Crippen LogP contribution < -0.4 is 11.5 Å². The Bertz CT molecular complexity index is 1320. The van der Waals surface area contributed by atoms with Crippen molar-refractivity contribution in [2.45, 2.75) is 30.3 Å². The third kappa shape index (κ3) is 3.04. The van der Waals surface area contributed by atoms with E-state index in [0.29, 0.717) is 35.0 Å². The quantitative estimate of drug-likeness (QED) is 0.606. The van der Waals surface area contributed by atoms with Gasteiger partial charge in [0, 0.05) is 37.5 Å². The third-order valence-electron chi connectivity index (χ3n) is 7.66. The predicted octanol–water partition coefficient (Wildman–Crippen LogP) is 2.32. The zero-order valence-corrected chi connectivity index (χ0v) is 19.5. The highest BCUT2D eigenvalue weighted by Gasteiger charge is 2.50. The van der Waals surface area contributed by atoms with Crippen molar-refractivity contribution in [1.82, 2.24) is 24.9 Å². The number of benzene rings is 1. The van der Waals surface area contributed by atoms with Gasteiger partial charge in [-0.25, -0.2) is 9.97 Å². The molecule has 0 amide bonds. The Labute approximate surface area is 198 Å². The van der Waals surface area contributed by atoms with Crippen molar-refractivity contribution >= 4 is 11.0 Å². The van der Waals surface area contributed by atoms with Gasteiger partial charge in [-0.2, -0.15) is 0 Å². The van der Waals surface area contributed by atoms with Crippen LogP contribution in [0.25, 0.3) is 22.4 Å². The first-order valence-corrected chi connectivity index (χ1v) is 11.6. The molecule has 0 saturated carbocycles. The monoisotopic (exact) mass is 459 g/mol. The largest absolute Gasteiger partial charge is 0.499 e. The summed E-state index contributed by atoms with van der Waals surface area (Å²) < 4.78 is 11.3. The van der Waals surface area contributed by atoms with E-state index in [1.54, 1.807) is 19.4 Å². The predicted molar refractivity (Wildman–Crippen MR) is 128 cm³/mol. The number of allylic oxidation sites excluding steroid dienone is 1.